The molecule has 2 aromatic carbocycles. The molecule has 0 saturated heterocycles. The summed E-state index contributed by atoms with van der Waals surface area (Å²) < 4.78 is 5.51. The number of rotatable bonds is 3. The minimum atomic E-state index is 0.848. The van der Waals surface area contributed by atoms with Crippen molar-refractivity contribution >= 4 is 27.4 Å². The Bertz CT molecular complexity index is 737. The van der Waals surface area contributed by atoms with Gasteiger partial charge in [0.05, 0.1) is 7.11 Å². The van der Waals surface area contributed by atoms with E-state index in [1.54, 1.807) is 7.11 Å². The zero-order valence-electron chi connectivity index (χ0n) is 11.1. The summed E-state index contributed by atoms with van der Waals surface area (Å²) in [4.78, 5) is 4.41. The smallest absolute Gasteiger partial charge is 0.133 e. The zero-order chi connectivity index (χ0) is 13.2. The van der Waals surface area contributed by atoms with Crippen molar-refractivity contribution in [1.29, 1.82) is 0 Å². The van der Waals surface area contributed by atoms with Crippen molar-refractivity contribution in [3.63, 3.8) is 0 Å². The van der Waals surface area contributed by atoms with E-state index in [0.29, 0.717) is 0 Å². The van der Waals surface area contributed by atoms with E-state index in [4.69, 9.17) is 4.74 Å². The van der Waals surface area contributed by atoms with Crippen molar-refractivity contribution < 1.29 is 4.74 Å². The van der Waals surface area contributed by atoms with Crippen LogP contribution in [-0.2, 0) is 0 Å². The Morgan fingerprint density at radius 1 is 1.05 bits per heavy atom. The van der Waals surface area contributed by atoms with Crippen molar-refractivity contribution in [3.05, 3.63) is 42.6 Å². The van der Waals surface area contributed by atoms with Gasteiger partial charge in [-0.1, -0.05) is 24.3 Å². The van der Waals surface area contributed by atoms with Gasteiger partial charge < -0.3 is 10.1 Å². The molecule has 19 heavy (non-hydrogen) atoms. The molecule has 1 N–H and O–H groups in total. The van der Waals surface area contributed by atoms with Crippen LogP contribution in [0.25, 0.3) is 21.5 Å². The molecule has 3 rings (SSSR count). The molecule has 0 unspecified atom stereocenters. The second kappa shape index (κ2) is 4.76. The van der Waals surface area contributed by atoms with Gasteiger partial charge in [0.2, 0.25) is 0 Å². The van der Waals surface area contributed by atoms with Crippen LogP contribution in [0.3, 0.4) is 0 Å². The predicted octanol–water partition coefficient (Wildman–Crippen LogP) is 3.83. The van der Waals surface area contributed by atoms with Crippen LogP contribution in [0.5, 0.6) is 5.75 Å². The number of benzene rings is 2. The monoisotopic (exact) mass is 252 g/mol. The summed E-state index contributed by atoms with van der Waals surface area (Å²) >= 11 is 0. The van der Waals surface area contributed by atoms with Gasteiger partial charge in [0.15, 0.2) is 0 Å². The highest BCUT2D eigenvalue weighted by Crippen LogP contribution is 2.35. The third-order valence-electron chi connectivity index (χ3n) is 3.31. The molecule has 0 radical (unpaired) electrons. The Hall–Kier alpha value is -2.29. The van der Waals surface area contributed by atoms with E-state index in [1.807, 2.05) is 12.3 Å². The molecule has 0 aliphatic rings. The maximum Gasteiger partial charge on any atom is 0.133 e. The number of ether oxygens (including phenoxy) is 1. The molecule has 1 aromatic heterocycles. The van der Waals surface area contributed by atoms with Gasteiger partial charge in [-0.2, -0.15) is 0 Å². The van der Waals surface area contributed by atoms with E-state index in [9.17, 15) is 0 Å². The van der Waals surface area contributed by atoms with Crippen molar-refractivity contribution in [3.8, 4) is 5.75 Å². The van der Waals surface area contributed by atoms with Crippen LogP contribution in [0.15, 0.2) is 42.6 Å². The molecule has 3 heteroatoms. The molecule has 3 nitrogen and oxygen atoms in total. The van der Waals surface area contributed by atoms with Gasteiger partial charge in [-0.15, -0.1) is 0 Å². The fourth-order valence-electron chi connectivity index (χ4n) is 2.47. The number of hydrogen-bond acceptors (Lipinski definition) is 3. The standard InChI is InChI=1S/C16H16N2O/c1-3-17-16-14-10-15(19-2)13-7-5-4-6-11(13)12(14)8-9-18-16/h4-10H,3H2,1-2H3,(H,17,18). The fraction of sp³-hybridized carbons (Fsp3) is 0.188. The first-order valence-electron chi connectivity index (χ1n) is 6.43. The first-order chi connectivity index (χ1) is 9.35. The minimum Gasteiger partial charge on any atom is -0.496 e. The summed E-state index contributed by atoms with van der Waals surface area (Å²) in [6.45, 7) is 2.92. The summed E-state index contributed by atoms with van der Waals surface area (Å²) in [6, 6.07) is 12.4. The zero-order valence-corrected chi connectivity index (χ0v) is 11.1. The number of nitrogens with zero attached hydrogens (tertiary/aromatic N) is 1. The van der Waals surface area contributed by atoms with Crippen LogP contribution in [0, 0.1) is 0 Å². The molecular formula is C16H16N2O. The molecule has 96 valence electrons. The predicted molar refractivity (Wildman–Crippen MR) is 80.0 cm³/mol. The van der Waals surface area contributed by atoms with E-state index >= 15 is 0 Å². The van der Waals surface area contributed by atoms with E-state index in [-0.39, 0.29) is 0 Å². The molecule has 3 aromatic rings. The fourth-order valence-corrected chi connectivity index (χ4v) is 2.47. The normalized spacial score (nSPS) is 10.8. The van der Waals surface area contributed by atoms with E-state index < -0.39 is 0 Å². The molecule has 0 aliphatic heterocycles. The first kappa shape index (κ1) is 11.8. The van der Waals surface area contributed by atoms with Crippen LogP contribution >= 0.6 is 0 Å². The number of hydrogen-bond donors (Lipinski definition) is 1. The van der Waals surface area contributed by atoms with Gasteiger partial charge in [0.25, 0.3) is 0 Å². The lowest BCUT2D eigenvalue weighted by Crippen LogP contribution is -2.00. The molecule has 0 bridgehead atoms. The summed E-state index contributed by atoms with van der Waals surface area (Å²) in [5.74, 6) is 1.79. The molecule has 0 saturated carbocycles. The van der Waals surface area contributed by atoms with Gasteiger partial charge in [0.1, 0.15) is 11.6 Å². The lowest BCUT2D eigenvalue weighted by atomic mass is 10.0. The Morgan fingerprint density at radius 3 is 2.53 bits per heavy atom. The Morgan fingerprint density at radius 2 is 1.79 bits per heavy atom. The number of anilines is 1. The quantitative estimate of drug-likeness (QED) is 0.719. The lowest BCUT2D eigenvalue weighted by molar-refractivity contribution is 0.420. The van der Waals surface area contributed by atoms with Crippen LogP contribution in [-0.4, -0.2) is 18.6 Å². The maximum atomic E-state index is 5.51. The number of fused-ring (bicyclic) bond motifs is 3. The van der Waals surface area contributed by atoms with Crippen LogP contribution in [0.1, 0.15) is 6.92 Å². The topological polar surface area (TPSA) is 34.2 Å². The average Bonchev–Trinajstić information content (AvgIpc) is 2.47. The van der Waals surface area contributed by atoms with Crippen molar-refractivity contribution in [2.24, 2.45) is 0 Å². The Labute approximate surface area is 112 Å². The third kappa shape index (κ3) is 1.87. The van der Waals surface area contributed by atoms with Crippen molar-refractivity contribution in [1.82, 2.24) is 4.98 Å². The van der Waals surface area contributed by atoms with Gasteiger partial charge in [-0.3, -0.25) is 0 Å². The Balaban J connectivity index is 2.44. The summed E-state index contributed by atoms with van der Waals surface area (Å²) in [7, 11) is 1.71. The van der Waals surface area contributed by atoms with Gasteiger partial charge >= 0.3 is 0 Å². The van der Waals surface area contributed by atoms with Crippen molar-refractivity contribution in [2.75, 3.05) is 19.0 Å². The largest absolute Gasteiger partial charge is 0.496 e. The lowest BCUT2D eigenvalue weighted by Gasteiger charge is -2.12. The number of pyridine rings is 1. The summed E-state index contributed by atoms with van der Waals surface area (Å²) in [5.41, 5.74) is 0. The SMILES string of the molecule is CCNc1nccc2c1cc(OC)c1ccccc12. The summed E-state index contributed by atoms with van der Waals surface area (Å²) in [5, 5.41) is 7.92. The average molecular weight is 252 g/mol. The number of methoxy groups -OCH3 is 1. The van der Waals surface area contributed by atoms with Crippen LogP contribution < -0.4 is 10.1 Å². The van der Waals surface area contributed by atoms with Gasteiger partial charge in [-0.25, -0.2) is 4.98 Å². The second-order valence-electron chi connectivity index (χ2n) is 4.41. The molecule has 0 atom stereocenters. The van der Waals surface area contributed by atoms with Gasteiger partial charge in [0, 0.05) is 23.5 Å². The second-order valence-corrected chi connectivity index (χ2v) is 4.41. The highest BCUT2D eigenvalue weighted by Gasteiger charge is 2.09. The molecule has 0 spiro atoms. The minimum absolute atomic E-state index is 0.848. The highest BCUT2D eigenvalue weighted by atomic mass is 16.5. The molecular weight excluding hydrogens is 236 g/mol. The van der Waals surface area contributed by atoms with E-state index in [2.05, 4.69) is 47.6 Å². The third-order valence-corrected chi connectivity index (χ3v) is 3.31. The maximum absolute atomic E-state index is 5.51. The van der Waals surface area contributed by atoms with Gasteiger partial charge in [-0.05, 0) is 29.8 Å². The molecule has 0 aliphatic carbocycles. The van der Waals surface area contributed by atoms with Crippen molar-refractivity contribution in [2.45, 2.75) is 6.92 Å². The Kier molecular flexibility index (Phi) is 2.95. The highest BCUT2D eigenvalue weighted by molar-refractivity contribution is 6.13. The van der Waals surface area contributed by atoms with E-state index in [1.165, 1.54) is 10.8 Å². The molecule has 0 fully saturated rings. The van der Waals surface area contributed by atoms with E-state index in [0.717, 1.165) is 28.9 Å². The molecule has 0 amide bonds. The van der Waals surface area contributed by atoms with Crippen LogP contribution in [0.2, 0.25) is 0 Å². The van der Waals surface area contributed by atoms with Crippen LogP contribution in [0.4, 0.5) is 5.82 Å². The first-order valence-corrected chi connectivity index (χ1v) is 6.43. The number of nitrogens with one attached hydrogen (secondary N) is 1. The molecule has 1 heterocycles. The number of aromatic nitrogens is 1. The summed E-state index contributed by atoms with van der Waals surface area (Å²) in [6.07, 6.45) is 1.85.